The lowest BCUT2D eigenvalue weighted by Crippen LogP contribution is -2.27. The zero-order chi connectivity index (χ0) is 15.8. The van der Waals surface area contributed by atoms with Crippen molar-refractivity contribution in [3.05, 3.63) is 11.8 Å². The van der Waals surface area contributed by atoms with Crippen LogP contribution in [0.25, 0.3) is 0 Å². The number of rotatable bonds is 9. The van der Waals surface area contributed by atoms with E-state index >= 15 is 0 Å². The van der Waals surface area contributed by atoms with Gasteiger partial charge in [0.15, 0.2) is 0 Å². The Labute approximate surface area is 122 Å². The van der Waals surface area contributed by atoms with Crippen molar-refractivity contribution in [1.82, 2.24) is 0 Å². The number of alkyl halides is 3. The molecule has 0 aliphatic rings. The van der Waals surface area contributed by atoms with E-state index in [4.69, 9.17) is 5.73 Å². The highest BCUT2D eigenvalue weighted by Gasteiger charge is 2.30. The minimum atomic E-state index is -4.06. The first-order valence-corrected chi connectivity index (χ1v) is 7.73. The van der Waals surface area contributed by atoms with Gasteiger partial charge in [0, 0.05) is 6.42 Å². The Hall–Kier alpha value is -0.605. The molecular formula is C15H29BF3N. The van der Waals surface area contributed by atoms with Gasteiger partial charge in [-0.25, -0.2) is 0 Å². The lowest BCUT2D eigenvalue weighted by molar-refractivity contribution is -0.135. The molecule has 0 amide bonds. The van der Waals surface area contributed by atoms with Gasteiger partial charge in [0.05, 0.1) is 0 Å². The van der Waals surface area contributed by atoms with Crippen molar-refractivity contribution >= 4 is 6.71 Å². The molecule has 0 heterocycles. The van der Waals surface area contributed by atoms with Crippen molar-refractivity contribution in [2.45, 2.75) is 78.0 Å². The van der Waals surface area contributed by atoms with Gasteiger partial charge < -0.3 is 5.73 Å². The quantitative estimate of drug-likeness (QED) is 0.557. The molecule has 0 rings (SSSR count). The van der Waals surface area contributed by atoms with E-state index in [1.807, 2.05) is 13.0 Å². The molecule has 0 aliphatic carbocycles. The molecular weight excluding hydrogens is 262 g/mol. The molecule has 0 radical (unpaired) electrons. The fourth-order valence-corrected chi connectivity index (χ4v) is 2.71. The van der Waals surface area contributed by atoms with Crippen LogP contribution in [0, 0.1) is 5.92 Å². The molecule has 0 saturated carbocycles. The topological polar surface area (TPSA) is 26.0 Å². The van der Waals surface area contributed by atoms with E-state index in [0.717, 1.165) is 24.8 Å². The van der Waals surface area contributed by atoms with Gasteiger partial charge in [-0.15, -0.1) is 0 Å². The van der Waals surface area contributed by atoms with Crippen LogP contribution in [0.1, 0.15) is 53.4 Å². The maximum Gasteiger partial charge on any atom is 0.389 e. The molecule has 2 unspecified atom stereocenters. The van der Waals surface area contributed by atoms with E-state index in [-0.39, 0.29) is 12.2 Å². The van der Waals surface area contributed by atoms with Crippen LogP contribution >= 0.6 is 0 Å². The summed E-state index contributed by atoms with van der Waals surface area (Å²) in [7, 11) is 0. The number of allylic oxidation sites excluding steroid dienone is 2. The fraction of sp³-hybridized carbons (Fsp3) is 0.867. The maximum atomic E-state index is 12.3. The highest BCUT2D eigenvalue weighted by atomic mass is 19.4. The molecule has 5 heteroatoms. The third-order valence-electron chi connectivity index (χ3n) is 4.23. The third kappa shape index (κ3) is 7.86. The Morgan fingerprint density at radius 1 is 1.30 bits per heavy atom. The second-order valence-electron chi connectivity index (χ2n) is 5.82. The van der Waals surface area contributed by atoms with Gasteiger partial charge in [-0.3, -0.25) is 0 Å². The second-order valence-corrected chi connectivity index (χ2v) is 5.82. The summed E-state index contributed by atoms with van der Waals surface area (Å²) in [5.74, 6) is 0.677. The van der Waals surface area contributed by atoms with Crippen LogP contribution in [-0.2, 0) is 0 Å². The van der Waals surface area contributed by atoms with Crippen LogP contribution in [0.2, 0.25) is 18.5 Å². The Morgan fingerprint density at radius 3 is 2.30 bits per heavy atom. The molecule has 0 aromatic carbocycles. The van der Waals surface area contributed by atoms with Crippen molar-refractivity contribution in [3.8, 4) is 0 Å². The molecule has 0 aliphatic heterocycles. The minimum absolute atomic E-state index is 0.0846. The Morgan fingerprint density at radius 2 is 1.90 bits per heavy atom. The summed E-state index contributed by atoms with van der Waals surface area (Å²) in [4.78, 5) is 0. The van der Waals surface area contributed by atoms with Crippen LogP contribution in [-0.4, -0.2) is 12.9 Å². The van der Waals surface area contributed by atoms with Crippen molar-refractivity contribution in [3.63, 3.8) is 0 Å². The Balaban J connectivity index is 4.68. The van der Waals surface area contributed by atoms with Crippen molar-refractivity contribution in [2.24, 2.45) is 11.7 Å². The predicted octanol–water partition coefficient (Wildman–Crippen LogP) is 5.51. The van der Waals surface area contributed by atoms with E-state index in [1.165, 1.54) is 0 Å². The van der Waals surface area contributed by atoms with Crippen molar-refractivity contribution in [1.29, 1.82) is 0 Å². The summed E-state index contributed by atoms with van der Waals surface area (Å²) in [6, 6.07) is 0. The predicted molar refractivity (Wildman–Crippen MR) is 82.1 cm³/mol. The minimum Gasteiger partial charge on any atom is -0.403 e. The lowest BCUT2D eigenvalue weighted by atomic mass is 9.34. The average Bonchev–Trinajstić information content (AvgIpc) is 2.39. The summed E-state index contributed by atoms with van der Waals surface area (Å²) in [5, 5.41) is 0. The van der Waals surface area contributed by atoms with Crippen molar-refractivity contribution in [2.75, 3.05) is 0 Å². The number of halogens is 3. The van der Waals surface area contributed by atoms with Crippen LogP contribution in [0.3, 0.4) is 0 Å². The first-order chi connectivity index (χ1) is 9.25. The monoisotopic (exact) mass is 291 g/mol. The molecule has 0 aromatic rings. The molecule has 0 fully saturated rings. The highest BCUT2D eigenvalue weighted by molar-refractivity contribution is 6.61. The van der Waals surface area contributed by atoms with E-state index < -0.39 is 12.6 Å². The fourth-order valence-electron chi connectivity index (χ4n) is 2.71. The Kier molecular flexibility index (Phi) is 9.07. The summed E-state index contributed by atoms with van der Waals surface area (Å²) >= 11 is 0. The molecule has 0 saturated heterocycles. The van der Waals surface area contributed by atoms with E-state index in [0.29, 0.717) is 19.1 Å². The van der Waals surface area contributed by atoms with Crippen LogP contribution in [0.4, 0.5) is 13.2 Å². The molecule has 2 atom stereocenters. The lowest BCUT2D eigenvalue weighted by Gasteiger charge is -2.26. The molecule has 0 spiro atoms. The Bertz CT molecular complexity index is 289. The van der Waals surface area contributed by atoms with Crippen molar-refractivity contribution < 1.29 is 13.2 Å². The zero-order valence-corrected chi connectivity index (χ0v) is 13.3. The second kappa shape index (κ2) is 9.35. The number of nitrogens with two attached hydrogens (primary N) is 1. The average molecular weight is 291 g/mol. The largest absolute Gasteiger partial charge is 0.403 e. The van der Waals surface area contributed by atoms with E-state index in [9.17, 15) is 13.2 Å². The summed E-state index contributed by atoms with van der Waals surface area (Å²) in [6.07, 6.45) is 0.880. The van der Waals surface area contributed by atoms with E-state index in [2.05, 4.69) is 20.8 Å². The van der Waals surface area contributed by atoms with Gasteiger partial charge in [0.25, 0.3) is 0 Å². The highest BCUT2D eigenvalue weighted by Crippen LogP contribution is 2.33. The summed E-state index contributed by atoms with van der Waals surface area (Å²) < 4.78 is 36.9. The standard InChI is InChI=1S/C15H29BF3N/c1-5-12(4)11-16(7-3)13(14(20)6-2)9-8-10-15(17,18)19/h6,12-13H,5,7-11,20H2,1-4H3/b14-6+. The van der Waals surface area contributed by atoms with Gasteiger partial charge in [-0.1, -0.05) is 58.2 Å². The van der Waals surface area contributed by atoms with Gasteiger partial charge >= 0.3 is 6.18 Å². The normalized spacial score (nSPS) is 16.1. The first kappa shape index (κ1) is 19.4. The van der Waals surface area contributed by atoms with Crippen LogP contribution in [0.15, 0.2) is 11.8 Å². The molecule has 0 bridgehead atoms. The van der Waals surface area contributed by atoms with Gasteiger partial charge in [0.1, 0.15) is 6.71 Å². The zero-order valence-electron chi connectivity index (χ0n) is 13.3. The van der Waals surface area contributed by atoms with Crippen LogP contribution < -0.4 is 5.73 Å². The molecule has 1 nitrogen and oxygen atoms in total. The summed E-state index contributed by atoms with van der Waals surface area (Å²) in [6.45, 7) is 8.69. The SMILES string of the molecule is C/C=C(/N)C(CCCC(F)(F)F)B(CC)CC(C)CC. The summed E-state index contributed by atoms with van der Waals surface area (Å²) in [5.41, 5.74) is 6.79. The molecule has 118 valence electrons. The van der Waals surface area contributed by atoms with Gasteiger partial charge in [0.2, 0.25) is 0 Å². The molecule has 0 aromatic heterocycles. The van der Waals surface area contributed by atoms with Crippen LogP contribution in [0.5, 0.6) is 0 Å². The van der Waals surface area contributed by atoms with Gasteiger partial charge in [-0.2, -0.15) is 13.2 Å². The smallest absolute Gasteiger partial charge is 0.389 e. The first-order valence-electron chi connectivity index (χ1n) is 7.73. The molecule has 20 heavy (non-hydrogen) atoms. The third-order valence-corrected chi connectivity index (χ3v) is 4.23. The number of hydrogen-bond donors (Lipinski definition) is 1. The van der Waals surface area contributed by atoms with E-state index in [1.54, 1.807) is 0 Å². The number of hydrogen-bond acceptors (Lipinski definition) is 1. The maximum absolute atomic E-state index is 12.3. The molecule has 2 N–H and O–H groups in total. The van der Waals surface area contributed by atoms with Gasteiger partial charge in [-0.05, 0) is 24.9 Å².